The lowest BCUT2D eigenvalue weighted by Gasteiger charge is -2.14. The van der Waals surface area contributed by atoms with Gasteiger partial charge in [0.05, 0.1) is 11.0 Å². The largest absolute Gasteiger partial charge is 0.455 e. The summed E-state index contributed by atoms with van der Waals surface area (Å²) in [5, 5.41) is 11.0. The lowest BCUT2D eigenvalue weighted by molar-refractivity contribution is 0.672. The quantitative estimate of drug-likeness (QED) is 0.174. The third-order valence-corrected chi connectivity index (χ3v) is 12.4. The second-order valence-corrected chi connectivity index (χ2v) is 16.0. The average Bonchev–Trinajstić information content (AvgIpc) is 3.91. The molecule has 0 radical (unpaired) electrons. The van der Waals surface area contributed by atoms with E-state index >= 15 is 0 Å². The van der Waals surface area contributed by atoms with Gasteiger partial charge in [-0.25, -0.2) is 4.98 Å². The molecule has 0 aliphatic rings. The maximum atomic E-state index is 6.70. The molecule has 10 aromatic carbocycles. The van der Waals surface area contributed by atoms with E-state index < -0.39 is 0 Å². The number of para-hydroxylation sites is 1. The van der Waals surface area contributed by atoms with Crippen molar-refractivity contribution in [2.75, 3.05) is 0 Å². The molecule has 3 heterocycles. The molecule has 288 valence electrons. The molecule has 0 saturated carbocycles. The Morgan fingerprint density at radius 1 is 0.355 bits per heavy atom. The minimum absolute atomic E-state index is 0.539. The Morgan fingerprint density at radius 3 is 1.66 bits per heavy atom. The zero-order valence-electron chi connectivity index (χ0n) is 33.3. The van der Waals surface area contributed by atoms with Crippen LogP contribution >= 0.6 is 0 Å². The van der Waals surface area contributed by atoms with Gasteiger partial charge in [0.25, 0.3) is 0 Å². The smallest absolute Gasteiger partial charge is 0.238 e. The van der Waals surface area contributed by atoms with Crippen LogP contribution < -0.4 is 0 Å². The van der Waals surface area contributed by atoms with E-state index in [9.17, 15) is 0 Å². The van der Waals surface area contributed by atoms with Crippen LogP contribution in [0.5, 0.6) is 0 Å². The Bertz CT molecular complexity index is 3870. The van der Waals surface area contributed by atoms with Gasteiger partial charge in [0.1, 0.15) is 11.2 Å². The third kappa shape index (κ3) is 5.32. The van der Waals surface area contributed by atoms with Gasteiger partial charge in [-0.1, -0.05) is 170 Å². The van der Waals surface area contributed by atoms with Crippen molar-refractivity contribution in [3.05, 3.63) is 206 Å². The summed E-state index contributed by atoms with van der Waals surface area (Å²) in [4.78, 5) is 16.6. The molecular weight excluding hydrogens is 757 g/mol. The number of fused-ring (bicyclic) bond motifs is 12. The van der Waals surface area contributed by atoms with Gasteiger partial charge < -0.3 is 4.42 Å². The van der Waals surface area contributed by atoms with Gasteiger partial charge in [-0.3, -0.25) is 4.57 Å². The van der Waals surface area contributed by atoms with Crippen molar-refractivity contribution in [3.63, 3.8) is 0 Å². The van der Waals surface area contributed by atoms with Crippen LogP contribution in [0, 0.1) is 0 Å². The minimum atomic E-state index is 0.539. The van der Waals surface area contributed by atoms with Crippen LogP contribution in [0.15, 0.2) is 211 Å². The van der Waals surface area contributed by atoms with Gasteiger partial charge in [-0.15, -0.1) is 0 Å². The minimum Gasteiger partial charge on any atom is -0.455 e. The summed E-state index contributed by atoms with van der Waals surface area (Å²) in [6, 6.07) is 72.7. The molecule has 0 aliphatic heterocycles. The van der Waals surface area contributed by atoms with Crippen molar-refractivity contribution in [1.29, 1.82) is 0 Å². The van der Waals surface area contributed by atoms with E-state index in [0.29, 0.717) is 17.6 Å². The zero-order valence-corrected chi connectivity index (χ0v) is 33.3. The fourth-order valence-electron chi connectivity index (χ4n) is 9.56. The fourth-order valence-corrected chi connectivity index (χ4v) is 9.56. The van der Waals surface area contributed by atoms with Crippen LogP contribution in [0.2, 0.25) is 0 Å². The van der Waals surface area contributed by atoms with E-state index in [1.807, 2.05) is 12.1 Å². The maximum absolute atomic E-state index is 6.70. The number of benzene rings is 10. The van der Waals surface area contributed by atoms with E-state index in [-0.39, 0.29) is 0 Å². The number of hydrogen-bond acceptors (Lipinski definition) is 4. The van der Waals surface area contributed by atoms with Gasteiger partial charge in [0.15, 0.2) is 11.6 Å². The topological polar surface area (TPSA) is 56.7 Å². The average molecular weight is 791 g/mol. The highest BCUT2D eigenvalue weighted by atomic mass is 16.3. The molecule has 5 heteroatoms. The first-order chi connectivity index (χ1) is 30.7. The lowest BCUT2D eigenvalue weighted by Crippen LogP contribution is -2.07. The summed E-state index contributed by atoms with van der Waals surface area (Å²) in [5.74, 6) is 1.68. The summed E-state index contributed by atoms with van der Waals surface area (Å²) in [6.07, 6.45) is 0. The Balaban J connectivity index is 1.19. The van der Waals surface area contributed by atoms with Crippen LogP contribution in [-0.4, -0.2) is 19.5 Å². The van der Waals surface area contributed by atoms with Crippen molar-refractivity contribution < 1.29 is 4.42 Å². The molecule has 0 aliphatic carbocycles. The predicted octanol–water partition coefficient (Wildman–Crippen LogP) is 15.0. The van der Waals surface area contributed by atoms with E-state index in [1.54, 1.807) is 0 Å². The Kier molecular flexibility index (Phi) is 7.54. The monoisotopic (exact) mass is 790 g/mol. The second-order valence-electron chi connectivity index (χ2n) is 16.0. The van der Waals surface area contributed by atoms with Crippen LogP contribution in [0.4, 0.5) is 0 Å². The molecule has 13 aromatic rings. The van der Waals surface area contributed by atoms with E-state index in [1.165, 1.54) is 16.2 Å². The first kappa shape index (κ1) is 34.5. The van der Waals surface area contributed by atoms with Crippen molar-refractivity contribution in [2.24, 2.45) is 0 Å². The van der Waals surface area contributed by atoms with Crippen LogP contribution in [0.3, 0.4) is 0 Å². The molecule has 0 saturated heterocycles. The number of aromatic nitrogens is 4. The molecule has 62 heavy (non-hydrogen) atoms. The normalized spacial score (nSPS) is 11.9. The molecule has 5 nitrogen and oxygen atoms in total. The highest BCUT2D eigenvalue weighted by molar-refractivity contribution is 6.26. The SMILES string of the molecule is c1ccc(-c2cc(-c3ccccc3)cc(-c3nc(-c4cc5ccccc5c5oc6ccccc6c45)nc(-n4c5ccc6ccccc6c5c5ccc6ccccc6c54)n3)c2)cc1. The van der Waals surface area contributed by atoms with Crippen LogP contribution in [0.1, 0.15) is 0 Å². The summed E-state index contributed by atoms with van der Waals surface area (Å²) < 4.78 is 8.97. The van der Waals surface area contributed by atoms with E-state index in [2.05, 4.69) is 199 Å². The highest BCUT2D eigenvalue weighted by Gasteiger charge is 2.24. The van der Waals surface area contributed by atoms with Crippen molar-refractivity contribution in [1.82, 2.24) is 19.5 Å². The molecule has 13 rings (SSSR count). The van der Waals surface area contributed by atoms with Crippen LogP contribution in [0.25, 0.3) is 127 Å². The molecule has 0 unspecified atom stereocenters. The van der Waals surface area contributed by atoms with Crippen molar-refractivity contribution in [2.45, 2.75) is 0 Å². The standard InChI is InChI=1S/C57H34N4O/c1-3-15-35(16-4-1)40-31-41(36-17-5-2-6-18-36)33-42(32-40)55-58-56(48-34-39-21-9-12-24-45(39)54-52(48)46-25-13-14-26-50(46)62-54)60-57(59-55)61-49-30-28-37-19-7-10-22-43(37)51(49)47-29-27-38-20-8-11-23-44(38)53(47)61/h1-34H. The summed E-state index contributed by atoms with van der Waals surface area (Å²) in [5.41, 5.74) is 9.87. The van der Waals surface area contributed by atoms with Crippen molar-refractivity contribution >= 4 is 76.1 Å². The predicted molar refractivity (Wildman–Crippen MR) is 256 cm³/mol. The Labute approximate surface area is 355 Å². The number of rotatable bonds is 5. The van der Waals surface area contributed by atoms with Gasteiger partial charge in [-0.2, -0.15) is 9.97 Å². The summed E-state index contributed by atoms with van der Waals surface area (Å²) in [6.45, 7) is 0. The Morgan fingerprint density at radius 2 is 0.919 bits per heavy atom. The molecule has 0 fully saturated rings. The van der Waals surface area contributed by atoms with Crippen LogP contribution in [-0.2, 0) is 0 Å². The first-order valence-electron chi connectivity index (χ1n) is 20.9. The number of hydrogen-bond donors (Lipinski definition) is 0. The highest BCUT2D eigenvalue weighted by Crippen LogP contribution is 2.43. The van der Waals surface area contributed by atoms with E-state index in [0.717, 1.165) is 93.3 Å². The molecule has 0 spiro atoms. The maximum Gasteiger partial charge on any atom is 0.238 e. The first-order valence-corrected chi connectivity index (χ1v) is 20.9. The van der Waals surface area contributed by atoms with Gasteiger partial charge >= 0.3 is 0 Å². The second kappa shape index (κ2) is 13.6. The van der Waals surface area contributed by atoms with Crippen molar-refractivity contribution in [3.8, 4) is 51.0 Å². The molecule has 3 aromatic heterocycles. The molecule has 0 N–H and O–H groups in total. The van der Waals surface area contributed by atoms with Gasteiger partial charge in [-0.05, 0) is 80.2 Å². The van der Waals surface area contributed by atoms with E-state index in [4.69, 9.17) is 19.4 Å². The van der Waals surface area contributed by atoms with Gasteiger partial charge in [0, 0.05) is 43.4 Å². The Hall–Kier alpha value is -8.41. The third-order valence-electron chi connectivity index (χ3n) is 12.4. The lowest BCUT2D eigenvalue weighted by atomic mass is 9.96. The summed E-state index contributed by atoms with van der Waals surface area (Å²) >= 11 is 0. The molecule has 0 amide bonds. The summed E-state index contributed by atoms with van der Waals surface area (Å²) in [7, 11) is 0. The number of nitrogens with zero attached hydrogens (tertiary/aromatic N) is 4. The number of furan rings is 1. The van der Waals surface area contributed by atoms with Gasteiger partial charge in [0.2, 0.25) is 5.95 Å². The molecule has 0 atom stereocenters. The molecule has 0 bridgehead atoms. The zero-order chi connectivity index (χ0) is 40.7. The molecular formula is C57H34N4O. The fraction of sp³-hybridized carbons (Fsp3) is 0.